The maximum absolute atomic E-state index is 13.6. The number of esters is 1. The van der Waals surface area contributed by atoms with E-state index < -0.39 is 73.4 Å². The predicted octanol–water partition coefficient (Wildman–Crippen LogP) is 5.54. The molecule has 0 N–H and O–H groups in total. The third kappa shape index (κ3) is 9.28. The molecule has 1 aromatic rings. The number of ether oxygens (including phenoxy) is 4. The van der Waals surface area contributed by atoms with Gasteiger partial charge in [0.15, 0.2) is 0 Å². The molecule has 40 heavy (non-hydrogen) atoms. The molecule has 1 aliphatic rings. The number of halogens is 8. The number of alkyl halides is 3. The molecule has 1 aromatic carbocycles. The zero-order valence-electron chi connectivity index (χ0n) is 20.7. The molecule has 0 radical (unpaired) electrons. The molecule has 2 rings (SSSR count). The van der Waals surface area contributed by atoms with Gasteiger partial charge in [-0.2, -0.15) is 13.2 Å². The smallest absolute Gasteiger partial charge is 0.475 e. The largest absolute Gasteiger partial charge is 0.511 e. The summed E-state index contributed by atoms with van der Waals surface area (Å²) < 4.78 is 126. The van der Waals surface area contributed by atoms with Gasteiger partial charge < -0.3 is 28.7 Å². The van der Waals surface area contributed by atoms with Crippen LogP contribution in [0.3, 0.4) is 0 Å². The van der Waals surface area contributed by atoms with Crippen LogP contribution in [0.25, 0.3) is 6.08 Å². The maximum atomic E-state index is 13.6. The molecule has 2 unspecified atom stereocenters. The zero-order valence-corrected chi connectivity index (χ0v) is 21.5. The number of carbonyl (C=O) groups excluding carboxylic acids is 2. The van der Waals surface area contributed by atoms with Crippen molar-refractivity contribution in [2.24, 2.45) is 0 Å². The first kappa shape index (κ1) is 32.7. The summed E-state index contributed by atoms with van der Waals surface area (Å²) in [7, 11) is -8.76. The highest BCUT2D eigenvalue weighted by Gasteiger charge is 2.65. The molecule has 0 amide bonds. The second-order valence-electron chi connectivity index (χ2n) is 8.32. The number of hydrogen-bond donors (Lipinski definition) is 0. The van der Waals surface area contributed by atoms with E-state index in [4.69, 9.17) is 4.74 Å². The maximum Gasteiger partial charge on any atom is 0.511 e. The van der Waals surface area contributed by atoms with Crippen molar-refractivity contribution in [3.63, 3.8) is 0 Å². The second kappa shape index (κ2) is 10.8. The molecule has 2 atom stereocenters. The Balaban J connectivity index is 2.13. The van der Waals surface area contributed by atoms with Gasteiger partial charge in [0.1, 0.15) is 23.9 Å². The summed E-state index contributed by atoms with van der Waals surface area (Å²) in [4.78, 5) is 37.5. The van der Waals surface area contributed by atoms with E-state index in [1.165, 1.54) is 11.9 Å². The average Bonchev–Trinajstić information content (AvgIpc) is 2.75. The lowest BCUT2D eigenvalue weighted by atomic mass is 9.99. The summed E-state index contributed by atoms with van der Waals surface area (Å²) >= 11 is 0. The van der Waals surface area contributed by atoms with Crippen LogP contribution in [-0.4, -0.2) is 74.0 Å². The van der Waals surface area contributed by atoms with Crippen LogP contribution in [0.15, 0.2) is 22.6 Å². The number of benzene rings is 1. The highest BCUT2D eigenvalue weighted by atomic mass is 32.5. The molecule has 0 fully saturated rings. The van der Waals surface area contributed by atoms with Crippen molar-refractivity contribution >= 4 is 28.4 Å². The van der Waals surface area contributed by atoms with E-state index in [1.807, 2.05) is 0 Å². The topological polar surface area (TPSA) is 127 Å². The molecule has 0 bridgehead atoms. The van der Waals surface area contributed by atoms with E-state index >= 15 is 0 Å². The highest BCUT2D eigenvalue weighted by molar-refractivity contribution is 8.45. The fourth-order valence-electron chi connectivity index (χ4n) is 3.17. The van der Waals surface area contributed by atoms with Crippen LogP contribution in [0.2, 0.25) is 0 Å². The van der Waals surface area contributed by atoms with Gasteiger partial charge in [0.05, 0.1) is 5.57 Å². The van der Waals surface area contributed by atoms with Gasteiger partial charge in [0.2, 0.25) is 12.4 Å². The van der Waals surface area contributed by atoms with E-state index in [0.717, 1.165) is 13.8 Å². The quantitative estimate of drug-likeness (QED) is 0.103. The normalized spacial score (nSPS) is 17.8. The first-order valence-electron chi connectivity index (χ1n) is 10.8. The molecule has 0 saturated carbocycles. The van der Waals surface area contributed by atoms with Gasteiger partial charge in [0, 0.05) is 25.6 Å². The Hall–Kier alpha value is -3.55. The SMILES string of the molecule is Cc1cc(S(F)(F)(F)(F)F)cc2c1OC(C(F)(F)F)C(C(=O)OC(C)OC(=O)OCCN(C)CCO[N+](=O)[O-])=C2. The van der Waals surface area contributed by atoms with Crippen LogP contribution in [0.1, 0.15) is 18.1 Å². The molecule has 0 aromatic heterocycles. The number of hydrogen-bond acceptors (Lipinski definition) is 10. The van der Waals surface area contributed by atoms with E-state index in [-0.39, 0.29) is 44.5 Å². The Kier molecular flexibility index (Phi) is 8.81. The minimum Gasteiger partial charge on any atom is -0.475 e. The molecule has 11 nitrogen and oxygen atoms in total. The van der Waals surface area contributed by atoms with Crippen LogP contribution in [-0.2, 0) is 23.8 Å². The van der Waals surface area contributed by atoms with Crippen molar-refractivity contribution in [3.8, 4) is 5.75 Å². The lowest BCUT2D eigenvalue weighted by Crippen LogP contribution is -2.41. The summed E-state index contributed by atoms with van der Waals surface area (Å²) in [6.45, 7) is 1.24. The van der Waals surface area contributed by atoms with Crippen LogP contribution >= 0.6 is 10.2 Å². The molecular formula is C20H22F8N2O9S. The number of nitrogens with zero attached hydrogens (tertiary/aromatic N) is 2. The summed E-state index contributed by atoms with van der Waals surface area (Å²) in [5.41, 5.74) is -2.99. The van der Waals surface area contributed by atoms with Crippen LogP contribution in [0.5, 0.6) is 5.75 Å². The zero-order chi connectivity index (χ0) is 30.7. The van der Waals surface area contributed by atoms with Gasteiger partial charge in [-0.15, -0.1) is 10.1 Å². The van der Waals surface area contributed by atoms with Crippen LogP contribution in [0.4, 0.5) is 37.4 Å². The fraction of sp³-hybridized carbons (Fsp3) is 0.500. The lowest BCUT2D eigenvalue weighted by Gasteiger charge is -2.41. The molecule has 228 valence electrons. The number of aryl methyl sites for hydroxylation is 1. The lowest BCUT2D eigenvalue weighted by molar-refractivity contribution is -0.757. The number of rotatable bonds is 11. The fourth-order valence-corrected chi connectivity index (χ4v) is 3.92. The summed E-state index contributed by atoms with van der Waals surface area (Å²) in [5, 5.41) is 9.08. The van der Waals surface area contributed by atoms with Crippen molar-refractivity contribution in [1.82, 2.24) is 4.90 Å². The van der Waals surface area contributed by atoms with Crippen molar-refractivity contribution < 1.29 is 71.1 Å². The molecule has 0 saturated heterocycles. The summed E-state index contributed by atoms with van der Waals surface area (Å²) in [5.74, 6) is -2.65. The minimum absolute atomic E-state index is 0.0433. The number of fused-ring (bicyclic) bond motifs is 1. The second-order valence-corrected chi connectivity index (χ2v) is 10.7. The third-order valence-electron chi connectivity index (χ3n) is 4.98. The van der Waals surface area contributed by atoms with Crippen molar-refractivity contribution in [1.29, 1.82) is 0 Å². The van der Waals surface area contributed by atoms with E-state index in [2.05, 4.69) is 19.0 Å². The molecule has 1 heterocycles. The standard InChI is InChI=1S/C20H22F8N2O9S/c1-11-8-14(40(24,25,26,27)28)9-13-10-15(17(20(21,22)23)39-16(11)13)18(31)37-12(2)38-19(32)35-6-4-29(3)5-7-36-30(33)34/h8-10,12,17H,4-7H2,1-3H3. The third-order valence-corrected chi connectivity index (χ3v) is 6.11. The molecule has 0 spiro atoms. The van der Waals surface area contributed by atoms with Gasteiger partial charge in [-0.3, -0.25) is 0 Å². The Labute approximate surface area is 220 Å². The summed E-state index contributed by atoms with van der Waals surface area (Å²) in [6, 6.07) is -0.216. The Morgan fingerprint density at radius 3 is 2.27 bits per heavy atom. The molecule has 1 aliphatic heterocycles. The van der Waals surface area contributed by atoms with Crippen molar-refractivity contribution in [2.45, 2.75) is 37.3 Å². The van der Waals surface area contributed by atoms with E-state index in [9.17, 15) is 52.3 Å². The first-order valence-corrected chi connectivity index (χ1v) is 12.8. The van der Waals surface area contributed by atoms with Crippen molar-refractivity contribution in [3.05, 3.63) is 38.9 Å². The summed E-state index contributed by atoms with van der Waals surface area (Å²) in [6.07, 6.45) is -11.4. The number of likely N-dealkylation sites (N-methyl/N-ethyl adjacent to an activating group) is 1. The predicted molar refractivity (Wildman–Crippen MR) is 119 cm³/mol. The minimum atomic E-state index is -10.3. The number of carbonyl (C=O) groups is 2. The monoisotopic (exact) mass is 618 g/mol. The Morgan fingerprint density at radius 1 is 1.12 bits per heavy atom. The van der Waals surface area contributed by atoms with Gasteiger partial charge in [-0.1, -0.05) is 19.4 Å². The van der Waals surface area contributed by atoms with E-state index in [0.29, 0.717) is 0 Å². The van der Waals surface area contributed by atoms with Gasteiger partial charge in [0.25, 0.3) is 5.09 Å². The van der Waals surface area contributed by atoms with Crippen molar-refractivity contribution in [2.75, 3.05) is 33.4 Å². The molecular weight excluding hydrogens is 596 g/mol. The highest BCUT2D eigenvalue weighted by Crippen LogP contribution is 3.02. The van der Waals surface area contributed by atoms with Gasteiger partial charge >= 0.3 is 28.5 Å². The Bertz CT molecular complexity index is 1190. The average molecular weight is 618 g/mol. The molecule has 0 aliphatic carbocycles. The van der Waals surface area contributed by atoms with Crippen LogP contribution < -0.4 is 4.74 Å². The van der Waals surface area contributed by atoms with Gasteiger partial charge in [-0.05, 0) is 37.7 Å². The van der Waals surface area contributed by atoms with E-state index in [1.54, 1.807) is 0 Å². The first-order chi connectivity index (χ1) is 18.0. The molecule has 20 heteroatoms. The van der Waals surface area contributed by atoms with Crippen LogP contribution in [0, 0.1) is 17.0 Å². The van der Waals surface area contributed by atoms with Gasteiger partial charge in [-0.25, -0.2) is 9.59 Å². The Morgan fingerprint density at radius 2 is 1.73 bits per heavy atom.